The number of hydrogen-bond acceptors (Lipinski definition) is 6. The van der Waals surface area contributed by atoms with Crippen molar-refractivity contribution >= 4 is 40.2 Å². The molecule has 0 unspecified atom stereocenters. The van der Waals surface area contributed by atoms with E-state index in [2.05, 4.69) is 36.9 Å². The van der Waals surface area contributed by atoms with Gasteiger partial charge in [-0.25, -0.2) is 9.97 Å². The minimum absolute atomic E-state index is 0.189. The molecule has 7 nitrogen and oxygen atoms in total. The van der Waals surface area contributed by atoms with E-state index in [1.165, 1.54) is 0 Å². The van der Waals surface area contributed by atoms with E-state index in [4.69, 9.17) is 0 Å². The van der Waals surface area contributed by atoms with Crippen LogP contribution in [0.3, 0.4) is 0 Å². The Morgan fingerprint density at radius 2 is 1.67 bits per heavy atom. The van der Waals surface area contributed by atoms with Crippen LogP contribution in [0.15, 0.2) is 42.9 Å². The summed E-state index contributed by atoms with van der Waals surface area (Å²) in [5.41, 5.74) is 2.15. The molecule has 2 aromatic heterocycles. The summed E-state index contributed by atoms with van der Waals surface area (Å²) in [6.45, 7) is 5.12. The van der Waals surface area contributed by atoms with Crippen molar-refractivity contribution in [2.45, 2.75) is 6.42 Å². The number of aromatic nitrogens is 3. The molecule has 2 fully saturated rings. The summed E-state index contributed by atoms with van der Waals surface area (Å²) >= 11 is 2.00. The van der Waals surface area contributed by atoms with Gasteiger partial charge in [0.25, 0.3) is 0 Å². The van der Waals surface area contributed by atoms with Gasteiger partial charge in [-0.15, -0.1) is 0 Å². The number of carbonyl (C=O) groups is 1. The van der Waals surface area contributed by atoms with Gasteiger partial charge in [0.15, 0.2) is 0 Å². The van der Waals surface area contributed by atoms with Crippen LogP contribution in [0.2, 0.25) is 0 Å². The fraction of sp³-hybridized carbons (Fsp3) is 0.409. The van der Waals surface area contributed by atoms with E-state index < -0.39 is 0 Å². The molecule has 156 valence electrons. The zero-order valence-corrected chi connectivity index (χ0v) is 17.8. The highest BCUT2D eigenvalue weighted by Gasteiger charge is 2.23. The van der Waals surface area contributed by atoms with Crippen LogP contribution in [0, 0.1) is 0 Å². The van der Waals surface area contributed by atoms with E-state index in [1.807, 2.05) is 41.1 Å². The quantitative estimate of drug-likeness (QED) is 0.696. The summed E-state index contributed by atoms with van der Waals surface area (Å²) < 4.78 is 0. The zero-order valence-electron chi connectivity index (χ0n) is 17.0. The Kier molecular flexibility index (Phi) is 5.48. The molecule has 4 heterocycles. The molecule has 2 aliphatic heterocycles. The Balaban J connectivity index is 1.20. The fourth-order valence-corrected chi connectivity index (χ4v) is 5.12. The topological polar surface area (TPSA) is 68.4 Å². The van der Waals surface area contributed by atoms with E-state index in [0.29, 0.717) is 6.42 Å². The number of rotatable bonds is 4. The largest absolute Gasteiger partial charge is 0.361 e. The minimum atomic E-state index is 0.189. The van der Waals surface area contributed by atoms with Crippen LogP contribution >= 0.6 is 11.8 Å². The number of H-pyrrole nitrogens is 1. The first-order valence-corrected chi connectivity index (χ1v) is 11.7. The molecule has 30 heavy (non-hydrogen) atoms. The number of carbonyl (C=O) groups excluding carboxylic acids is 1. The number of benzene rings is 1. The first kappa shape index (κ1) is 19.2. The molecule has 1 aromatic carbocycles. The van der Waals surface area contributed by atoms with Crippen LogP contribution in [-0.4, -0.2) is 76.5 Å². The first-order chi connectivity index (χ1) is 14.8. The Morgan fingerprint density at radius 1 is 0.967 bits per heavy atom. The molecule has 5 rings (SSSR count). The Morgan fingerprint density at radius 3 is 2.43 bits per heavy atom. The molecule has 1 N–H and O–H groups in total. The third kappa shape index (κ3) is 3.96. The maximum Gasteiger partial charge on any atom is 0.227 e. The molecule has 0 radical (unpaired) electrons. The van der Waals surface area contributed by atoms with Crippen molar-refractivity contribution in [2.24, 2.45) is 0 Å². The lowest BCUT2D eigenvalue weighted by atomic mass is 10.1. The molecule has 0 bridgehead atoms. The van der Waals surface area contributed by atoms with Gasteiger partial charge >= 0.3 is 0 Å². The van der Waals surface area contributed by atoms with Crippen molar-refractivity contribution in [1.82, 2.24) is 19.9 Å². The van der Waals surface area contributed by atoms with Gasteiger partial charge in [-0.1, -0.05) is 18.2 Å². The van der Waals surface area contributed by atoms with Crippen LogP contribution in [0.1, 0.15) is 5.56 Å². The molecule has 0 aliphatic carbocycles. The second-order valence-electron chi connectivity index (χ2n) is 7.74. The Labute approximate surface area is 180 Å². The first-order valence-electron chi connectivity index (χ1n) is 10.5. The zero-order chi connectivity index (χ0) is 20.3. The second-order valence-corrected chi connectivity index (χ2v) is 8.96. The number of thioether (sulfide) groups is 1. The van der Waals surface area contributed by atoms with Gasteiger partial charge < -0.3 is 19.7 Å². The van der Waals surface area contributed by atoms with Gasteiger partial charge in [0.2, 0.25) is 5.91 Å². The van der Waals surface area contributed by atoms with Gasteiger partial charge in [0, 0.05) is 73.9 Å². The summed E-state index contributed by atoms with van der Waals surface area (Å²) in [5, 5.41) is 1.13. The van der Waals surface area contributed by atoms with Crippen LogP contribution in [-0.2, 0) is 11.2 Å². The Bertz CT molecular complexity index is 1020. The number of para-hydroxylation sites is 1. The van der Waals surface area contributed by atoms with Gasteiger partial charge in [0.05, 0.1) is 6.42 Å². The molecule has 2 aliphatic rings. The monoisotopic (exact) mass is 422 g/mol. The van der Waals surface area contributed by atoms with Gasteiger partial charge in [-0.05, 0) is 11.6 Å². The number of hydrogen-bond donors (Lipinski definition) is 1. The second kappa shape index (κ2) is 8.55. The molecule has 1 amide bonds. The van der Waals surface area contributed by atoms with Gasteiger partial charge in [-0.2, -0.15) is 11.8 Å². The van der Waals surface area contributed by atoms with E-state index in [0.717, 1.165) is 78.9 Å². The number of nitrogens with one attached hydrogen (secondary N) is 1. The average Bonchev–Trinajstić information content (AvgIpc) is 3.23. The van der Waals surface area contributed by atoms with Crippen molar-refractivity contribution < 1.29 is 4.79 Å². The van der Waals surface area contributed by atoms with Crippen molar-refractivity contribution in [3.8, 4) is 0 Å². The number of aromatic amines is 1. The lowest BCUT2D eigenvalue weighted by Crippen LogP contribution is -2.49. The third-order valence-electron chi connectivity index (χ3n) is 5.95. The van der Waals surface area contributed by atoms with E-state index in [-0.39, 0.29) is 5.91 Å². The fourth-order valence-electron chi connectivity index (χ4n) is 4.21. The molecular formula is C22H26N6OS. The molecular weight excluding hydrogens is 396 g/mol. The molecule has 3 aromatic rings. The van der Waals surface area contributed by atoms with Crippen LogP contribution in [0.25, 0.3) is 10.9 Å². The van der Waals surface area contributed by atoms with E-state index in [1.54, 1.807) is 6.33 Å². The summed E-state index contributed by atoms with van der Waals surface area (Å²) in [4.78, 5) is 31.7. The smallest absolute Gasteiger partial charge is 0.227 e. The SMILES string of the molecule is O=C(Cc1c[nH]c2ccccc12)N1CCN(c2cc(N3CCSCC3)ncn2)CC1. The van der Waals surface area contributed by atoms with Crippen molar-refractivity contribution in [2.75, 3.05) is 60.6 Å². The van der Waals surface area contributed by atoms with E-state index >= 15 is 0 Å². The molecule has 2 saturated heterocycles. The summed E-state index contributed by atoms with van der Waals surface area (Å²) in [7, 11) is 0. The van der Waals surface area contributed by atoms with Gasteiger partial charge in [0.1, 0.15) is 18.0 Å². The van der Waals surface area contributed by atoms with Crippen LogP contribution in [0.5, 0.6) is 0 Å². The summed E-state index contributed by atoms with van der Waals surface area (Å²) in [6, 6.07) is 10.2. The number of fused-ring (bicyclic) bond motifs is 1. The predicted molar refractivity (Wildman–Crippen MR) is 122 cm³/mol. The highest BCUT2D eigenvalue weighted by atomic mass is 32.2. The van der Waals surface area contributed by atoms with Crippen LogP contribution in [0.4, 0.5) is 11.6 Å². The average molecular weight is 423 g/mol. The number of anilines is 2. The molecule has 0 atom stereocenters. The van der Waals surface area contributed by atoms with Gasteiger partial charge in [-0.3, -0.25) is 4.79 Å². The number of amides is 1. The van der Waals surface area contributed by atoms with E-state index in [9.17, 15) is 4.79 Å². The Hall–Kier alpha value is -2.74. The molecule has 8 heteroatoms. The number of piperazine rings is 1. The molecule has 0 spiro atoms. The third-order valence-corrected chi connectivity index (χ3v) is 6.89. The number of nitrogens with zero attached hydrogens (tertiary/aromatic N) is 5. The highest BCUT2D eigenvalue weighted by Crippen LogP contribution is 2.23. The lowest BCUT2D eigenvalue weighted by molar-refractivity contribution is -0.130. The lowest BCUT2D eigenvalue weighted by Gasteiger charge is -2.36. The molecule has 0 saturated carbocycles. The highest BCUT2D eigenvalue weighted by molar-refractivity contribution is 7.99. The van der Waals surface area contributed by atoms with Crippen molar-refractivity contribution in [3.63, 3.8) is 0 Å². The maximum absolute atomic E-state index is 12.9. The summed E-state index contributed by atoms with van der Waals surface area (Å²) in [5.74, 6) is 4.46. The van der Waals surface area contributed by atoms with Crippen molar-refractivity contribution in [3.05, 3.63) is 48.4 Å². The standard InChI is InChI=1S/C22H26N6OS/c29-22(13-17-15-23-19-4-2-1-3-18(17)19)28-7-5-26(6-8-28)20-14-21(25-16-24-20)27-9-11-30-12-10-27/h1-4,14-16,23H,5-13H2. The maximum atomic E-state index is 12.9. The summed E-state index contributed by atoms with van der Waals surface area (Å²) in [6.07, 6.45) is 4.07. The minimum Gasteiger partial charge on any atom is -0.361 e. The van der Waals surface area contributed by atoms with Crippen molar-refractivity contribution in [1.29, 1.82) is 0 Å². The van der Waals surface area contributed by atoms with Crippen LogP contribution < -0.4 is 9.80 Å². The predicted octanol–water partition coefficient (Wildman–Crippen LogP) is 2.40. The normalized spacial score (nSPS) is 17.5.